The van der Waals surface area contributed by atoms with Crippen LogP contribution in [0, 0.1) is 5.95 Å². The van der Waals surface area contributed by atoms with E-state index in [-0.39, 0.29) is 4.90 Å². The Morgan fingerprint density at radius 2 is 2.07 bits per heavy atom. The Labute approximate surface area is 161 Å². The molecule has 150 valence electrons. The van der Waals surface area contributed by atoms with Gasteiger partial charge in [0, 0.05) is 22.1 Å². The van der Waals surface area contributed by atoms with Crippen molar-refractivity contribution in [1.82, 2.24) is 15.0 Å². The largest absolute Gasteiger partial charge is 0.479 e. The summed E-state index contributed by atoms with van der Waals surface area (Å²) in [5.74, 6) is -3.33. The van der Waals surface area contributed by atoms with Crippen LogP contribution in [0.3, 0.4) is 0 Å². The van der Waals surface area contributed by atoms with Gasteiger partial charge in [-0.1, -0.05) is 11.6 Å². The number of hydrogen-bond donors (Lipinski definition) is 2. The van der Waals surface area contributed by atoms with Crippen LogP contribution in [0.4, 0.5) is 19.1 Å². The van der Waals surface area contributed by atoms with Crippen LogP contribution in [0.15, 0.2) is 29.3 Å². The maximum absolute atomic E-state index is 14.1. The second kappa shape index (κ2) is 7.72. The summed E-state index contributed by atoms with van der Waals surface area (Å²) in [5, 5.41) is 0.738. The summed E-state index contributed by atoms with van der Waals surface area (Å²) < 4.78 is 75.3. The molecule has 13 heteroatoms. The minimum Gasteiger partial charge on any atom is -0.479 e. The van der Waals surface area contributed by atoms with E-state index in [9.17, 15) is 21.6 Å². The van der Waals surface area contributed by atoms with E-state index in [2.05, 4.69) is 19.7 Å². The molecule has 0 amide bonds. The molecule has 0 spiro atoms. The summed E-state index contributed by atoms with van der Waals surface area (Å²) in [6.45, 7) is -1.11. The molecule has 3 rings (SSSR count). The lowest BCUT2D eigenvalue weighted by Crippen LogP contribution is -2.17. The molecule has 2 heterocycles. The van der Waals surface area contributed by atoms with Gasteiger partial charge in [-0.05, 0) is 18.2 Å². The highest BCUT2D eigenvalue weighted by molar-refractivity contribution is 7.93. The normalized spacial score (nSPS) is 11.8. The van der Waals surface area contributed by atoms with E-state index in [1.807, 2.05) is 4.72 Å². The number of aromatic nitrogens is 3. The Balaban J connectivity index is 1.94. The first kappa shape index (κ1) is 20.0. The van der Waals surface area contributed by atoms with E-state index in [0.717, 1.165) is 7.11 Å². The molecule has 0 saturated carbocycles. The smallest absolute Gasteiger partial charge is 0.272 e. The highest BCUT2D eigenvalue weighted by Gasteiger charge is 2.24. The number of ether oxygens (including phenoxy) is 2. The van der Waals surface area contributed by atoms with E-state index in [1.165, 1.54) is 24.4 Å². The summed E-state index contributed by atoms with van der Waals surface area (Å²) in [6.07, 6.45) is -1.64. The van der Waals surface area contributed by atoms with Crippen molar-refractivity contribution in [3.63, 3.8) is 0 Å². The van der Waals surface area contributed by atoms with Crippen LogP contribution in [-0.4, -0.2) is 43.5 Å². The lowest BCUT2D eigenvalue weighted by Gasteiger charge is -2.12. The van der Waals surface area contributed by atoms with Crippen molar-refractivity contribution in [1.29, 1.82) is 0 Å². The number of hydrogen-bond acceptors (Lipinski definition) is 6. The predicted molar refractivity (Wildman–Crippen MR) is 94.2 cm³/mol. The van der Waals surface area contributed by atoms with Crippen LogP contribution < -0.4 is 14.2 Å². The fourth-order valence-electron chi connectivity index (χ4n) is 2.32. The Hall–Kier alpha value is -2.73. The number of aromatic amines is 1. The average Bonchev–Trinajstić information content (AvgIpc) is 3.03. The van der Waals surface area contributed by atoms with Gasteiger partial charge in [-0.3, -0.25) is 0 Å². The monoisotopic (exact) mass is 436 g/mol. The van der Waals surface area contributed by atoms with Crippen LogP contribution in [-0.2, 0) is 10.0 Å². The van der Waals surface area contributed by atoms with Crippen molar-refractivity contribution in [3.05, 3.63) is 35.4 Å². The maximum atomic E-state index is 14.1. The van der Waals surface area contributed by atoms with Gasteiger partial charge in [0.1, 0.15) is 11.5 Å². The Morgan fingerprint density at radius 1 is 1.32 bits per heavy atom. The lowest BCUT2D eigenvalue weighted by molar-refractivity contribution is 0.0774. The standard InChI is InChI=1S/C15H12ClF3N4O4S/c1-26-14-12(27-6-11(17)18)13(19)21-15(22-14)23-28(24,25)10-5-20-9-4-7(16)2-3-8(9)10/h2-5,11,20H,6H2,1H3,(H,21,22,23). The molecule has 0 aliphatic heterocycles. The molecular formula is C15H12ClF3N4O4S. The highest BCUT2D eigenvalue weighted by Crippen LogP contribution is 2.30. The number of rotatable bonds is 7. The van der Waals surface area contributed by atoms with Gasteiger partial charge < -0.3 is 14.5 Å². The lowest BCUT2D eigenvalue weighted by atomic mass is 10.2. The molecular weight excluding hydrogens is 425 g/mol. The number of nitrogens with one attached hydrogen (secondary N) is 2. The van der Waals surface area contributed by atoms with Gasteiger partial charge >= 0.3 is 0 Å². The fourth-order valence-corrected chi connectivity index (χ4v) is 3.62. The molecule has 2 N–H and O–H groups in total. The van der Waals surface area contributed by atoms with Crippen LogP contribution in [0.5, 0.6) is 11.6 Å². The van der Waals surface area contributed by atoms with E-state index in [1.54, 1.807) is 0 Å². The first-order valence-corrected chi connectivity index (χ1v) is 9.39. The van der Waals surface area contributed by atoms with Crippen LogP contribution in [0.2, 0.25) is 5.02 Å². The van der Waals surface area contributed by atoms with Gasteiger partial charge in [0.25, 0.3) is 28.3 Å². The number of anilines is 1. The van der Waals surface area contributed by atoms with E-state index < -0.39 is 46.6 Å². The van der Waals surface area contributed by atoms with Crippen LogP contribution in [0.25, 0.3) is 10.9 Å². The first-order valence-electron chi connectivity index (χ1n) is 7.53. The molecule has 0 saturated heterocycles. The zero-order valence-electron chi connectivity index (χ0n) is 14.0. The molecule has 1 aromatic carbocycles. The summed E-state index contributed by atoms with van der Waals surface area (Å²) in [4.78, 5) is 9.56. The minimum atomic E-state index is -4.22. The molecule has 2 aromatic heterocycles. The van der Waals surface area contributed by atoms with Crippen LogP contribution in [0.1, 0.15) is 0 Å². The van der Waals surface area contributed by atoms with Gasteiger partial charge in [-0.15, -0.1) is 0 Å². The number of benzene rings is 1. The highest BCUT2D eigenvalue weighted by atomic mass is 35.5. The second-order valence-electron chi connectivity index (χ2n) is 5.33. The molecule has 0 unspecified atom stereocenters. The molecule has 3 aromatic rings. The first-order chi connectivity index (χ1) is 13.2. The fraction of sp³-hybridized carbons (Fsp3) is 0.200. The van der Waals surface area contributed by atoms with Gasteiger partial charge in [0.05, 0.1) is 7.11 Å². The molecule has 0 fully saturated rings. The zero-order valence-corrected chi connectivity index (χ0v) is 15.6. The number of alkyl halides is 2. The van der Waals surface area contributed by atoms with Crippen LogP contribution >= 0.6 is 11.6 Å². The minimum absolute atomic E-state index is 0.153. The summed E-state index contributed by atoms with van der Waals surface area (Å²) >= 11 is 5.86. The Morgan fingerprint density at radius 3 is 2.75 bits per heavy atom. The maximum Gasteiger partial charge on any atom is 0.272 e. The third-order valence-corrected chi connectivity index (χ3v) is 5.06. The van der Waals surface area contributed by atoms with E-state index >= 15 is 0 Å². The van der Waals surface area contributed by atoms with E-state index in [0.29, 0.717) is 15.9 Å². The molecule has 0 atom stereocenters. The Bertz CT molecular complexity index is 1120. The van der Waals surface area contributed by atoms with Gasteiger partial charge in [0.2, 0.25) is 11.7 Å². The number of fused-ring (bicyclic) bond motifs is 1. The summed E-state index contributed by atoms with van der Waals surface area (Å²) in [5.41, 5.74) is 0.466. The van der Waals surface area contributed by atoms with Gasteiger partial charge in [0.15, 0.2) is 0 Å². The average molecular weight is 437 g/mol. The van der Waals surface area contributed by atoms with Gasteiger partial charge in [-0.2, -0.15) is 14.4 Å². The molecule has 0 radical (unpaired) electrons. The van der Waals surface area contributed by atoms with Crippen molar-refractivity contribution in [3.8, 4) is 11.6 Å². The van der Waals surface area contributed by atoms with E-state index in [4.69, 9.17) is 16.3 Å². The topological polar surface area (TPSA) is 106 Å². The molecule has 8 nitrogen and oxygen atoms in total. The number of methoxy groups -OCH3 is 1. The quantitative estimate of drug-likeness (QED) is 0.551. The number of halogens is 4. The van der Waals surface area contributed by atoms with Crippen molar-refractivity contribution >= 4 is 38.5 Å². The van der Waals surface area contributed by atoms with Gasteiger partial charge in [-0.25, -0.2) is 21.9 Å². The van der Waals surface area contributed by atoms with Crippen molar-refractivity contribution < 1.29 is 31.1 Å². The number of sulfonamides is 1. The molecule has 0 aliphatic rings. The van der Waals surface area contributed by atoms with Crippen molar-refractivity contribution in [2.24, 2.45) is 0 Å². The third kappa shape index (κ3) is 4.07. The second-order valence-corrected chi connectivity index (χ2v) is 7.41. The number of nitrogens with zero attached hydrogens (tertiary/aromatic N) is 2. The predicted octanol–water partition coefficient (Wildman–Crippen LogP) is 3.20. The zero-order chi connectivity index (χ0) is 20.5. The molecule has 0 aliphatic carbocycles. The molecule has 28 heavy (non-hydrogen) atoms. The summed E-state index contributed by atoms with van der Waals surface area (Å²) in [6, 6.07) is 4.53. The van der Waals surface area contributed by atoms with Crippen molar-refractivity contribution in [2.45, 2.75) is 11.3 Å². The Kier molecular flexibility index (Phi) is 5.52. The summed E-state index contributed by atoms with van der Waals surface area (Å²) in [7, 11) is -3.14. The van der Waals surface area contributed by atoms with Crippen molar-refractivity contribution in [2.75, 3.05) is 18.4 Å². The number of H-pyrrole nitrogens is 1. The SMILES string of the molecule is COc1nc(NS(=O)(=O)c2c[nH]c3cc(Cl)ccc23)nc(F)c1OCC(F)F. The molecule has 0 bridgehead atoms. The third-order valence-electron chi connectivity index (χ3n) is 3.46.